The van der Waals surface area contributed by atoms with E-state index in [1.54, 1.807) is 12.3 Å². The Hall–Kier alpha value is -2.93. The van der Waals surface area contributed by atoms with E-state index in [9.17, 15) is 9.59 Å². The molecule has 0 N–H and O–H groups in total. The lowest BCUT2D eigenvalue weighted by atomic mass is 10.1. The van der Waals surface area contributed by atoms with Gasteiger partial charge in [0, 0.05) is 17.0 Å². The fraction of sp³-hybridized carbons (Fsp3) is 0.211. The lowest BCUT2D eigenvalue weighted by Crippen LogP contribution is -2.24. The van der Waals surface area contributed by atoms with Crippen LogP contribution in [0.3, 0.4) is 0 Å². The molecule has 0 aromatic carbocycles. The van der Waals surface area contributed by atoms with Gasteiger partial charge in [-0.25, -0.2) is 4.98 Å². The van der Waals surface area contributed by atoms with Gasteiger partial charge < -0.3 is 8.98 Å². The summed E-state index contributed by atoms with van der Waals surface area (Å²) >= 11 is 1.34. The number of thiophene rings is 1. The Bertz CT molecular complexity index is 1150. The van der Waals surface area contributed by atoms with Crippen LogP contribution in [0.2, 0.25) is 0 Å². The minimum atomic E-state index is -0.178. The summed E-state index contributed by atoms with van der Waals surface area (Å²) in [7, 11) is 0. The van der Waals surface area contributed by atoms with Crippen molar-refractivity contribution in [3.63, 3.8) is 0 Å². The van der Waals surface area contributed by atoms with Gasteiger partial charge in [-0.15, -0.1) is 11.3 Å². The molecule has 0 aliphatic carbocycles. The summed E-state index contributed by atoms with van der Waals surface area (Å²) in [5.74, 6) is 0.720. The third kappa shape index (κ3) is 2.80. The average Bonchev–Trinajstić information content (AvgIpc) is 3.35. The number of furan rings is 1. The van der Waals surface area contributed by atoms with Crippen molar-refractivity contribution < 1.29 is 9.21 Å². The molecule has 0 radical (unpaired) electrons. The van der Waals surface area contributed by atoms with Crippen LogP contribution in [0, 0.1) is 13.8 Å². The van der Waals surface area contributed by atoms with Crippen LogP contribution in [0.1, 0.15) is 27.5 Å². The van der Waals surface area contributed by atoms with Crippen LogP contribution in [0.5, 0.6) is 0 Å². The molecule has 4 heterocycles. The molecule has 26 heavy (non-hydrogen) atoms. The predicted molar refractivity (Wildman–Crippen MR) is 99.9 cm³/mol. The van der Waals surface area contributed by atoms with Gasteiger partial charge in [0.05, 0.1) is 31.2 Å². The molecule has 6 nitrogen and oxygen atoms in total. The van der Waals surface area contributed by atoms with E-state index in [2.05, 4.69) is 4.98 Å². The quantitative estimate of drug-likeness (QED) is 0.507. The van der Waals surface area contributed by atoms with Gasteiger partial charge in [-0.3, -0.25) is 14.2 Å². The van der Waals surface area contributed by atoms with E-state index >= 15 is 0 Å². The van der Waals surface area contributed by atoms with E-state index in [0.717, 1.165) is 17.1 Å². The molecule has 0 aliphatic heterocycles. The van der Waals surface area contributed by atoms with Crippen molar-refractivity contribution in [3.8, 4) is 0 Å². The summed E-state index contributed by atoms with van der Waals surface area (Å²) < 4.78 is 9.39. The second-order valence-corrected chi connectivity index (χ2v) is 7.10. The van der Waals surface area contributed by atoms with Gasteiger partial charge >= 0.3 is 0 Å². The monoisotopic (exact) mass is 367 g/mol. The van der Waals surface area contributed by atoms with Gasteiger partial charge in [0.1, 0.15) is 10.5 Å². The summed E-state index contributed by atoms with van der Waals surface area (Å²) in [6.45, 7) is 4.41. The molecule has 4 aromatic heterocycles. The molecule has 0 amide bonds. The number of aromatic nitrogens is 3. The summed E-state index contributed by atoms with van der Waals surface area (Å²) in [6, 6.07) is 7.41. The zero-order valence-electron chi connectivity index (χ0n) is 14.4. The number of ketones is 1. The highest BCUT2D eigenvalue weighted by atomic mass is 32.1. The highest BCUT2D eigenvalue weighted by Gasteiger charge is 2.18. The van der Waals surface area contributed by atoms with E-state index in [-0.39, 0.29) is 17.9 Å². The molecule has 0 unspecified atom stereocenters. The highest BCUT2D eigenvalue weighted by molar-refractivity contribution is 7.17. The number of fused-ring (bicyclic) bond motifs is 1. The van der Waals surface area contributed by atoms with Crippen LogP contribution in [-0.2, 0) is 13.1 Å². The molecule has 0 spiro atoms. The SMILES string of the molecule is Cc1cc(C(=O)Cn2cnc3ccsc3c2=O)c(C)n1Cc1ccco1. The summed E-state index contributed by atoms with van der Waals surface area (Å²) in [4.78, 5) is 29.5. The zero-order valence-corrected chi connectivity index (χ0v) is 15.2. The van der Waals surface area contributed by atoms with Gasteiger partial charge in [-0.05, 0) is 43.5 Å². The molecule has 0 aliphatic rings. The lowest BCUT2D eigenvalue weighted by Gasteiger charge is -2.08. The standard InChI is InChI=1S/C19H17N3O3S/c1-12-8-15(13(2)22(12)9-14-4-3-6-25-14)17(23)10-21-11-20-16-5-7-26-18(16)19(21)24/h3-8,11H,9-10H2,1-2H3. The molecular formula is C19H17N3O3S. The molecule has 4 rings (SSSR count). The lowest BCUT2D eigenvalue weighted by molar-refractivity contribution is 0.0970. The molecular weight excluding hydrogens is 350 g/mol. The predicted octanol–water partition coefficient (Wildman–Crippen LogP) is 3.40. The largest absolute Gasteiger partial charge is 0.467 e. The number of nitrogens with zero attached hydrogens (tertiary/aromatic N) is 3. The number of Topliss-reactive ketones (excluding diaryl/α,β-unsaturated/α-hetero) is 1. The van der Waals surface area contributed by atoms with Crippen LogP contribution >= 0.6 is 11.3 Å². The Balaban J connectivity index is 1.64. The first kappa shape index (κ1) is 16.5. The number of carbonyl (C=O) groups excluding carboxylic acids is 1. The maximum atomic E-state index is 12.8. The average molecular weight is 367 g/mol. The van der Waals surface area contributed by atoms with Crippen LogP contribution in [0.4, 0.5) is 0 Å². The molecule has 7 heteroatoms. The molecule has 0 saturated carbocycles. The van der Waals surface area contributed by atoms with Crippen LogP contribution < -0.4 is 5.56 Å². The Kier molecular flexibility index (Phi) is 4.08. The number of rotatable bonds is 5. The number of carbonyl (C=O) groups is 1. The Morgan fingerprint density at radius 2 is 2.15 bits per heavy atom. The maximum Gasteiger partial charge on any atom is 0.271 e. The molecule has 4 aromatic rings. The molecule has 0 bridgehead atoms. The fourth-order valence-corrected chi connectivity index (χ4v) is 3.91. The first-order valence-electron chi connectivity index (χ1n) is 8.19. The molecule has 0 atom stereocenters. The molecule has 132 valence electrons. The van der Waals surface area contributed by atoms with E-state index in [1.165, 1.54) is 22.2 Å². The smallest absolute Gasteiger partial charge is 0.271 e. The summed E-state index contributed by atoms with van der Waals surface area (Å²) in [6.07, 6.45) is 3.08. The summed E-state index contributed by atoms with van der Waals surface area (Å²) in [5.41, 5.74) is 2.94. The number of hydrogen-bond donors (Lipinski definition) is 0. The first-order chi connectivity index (χ1) is 12.5. The number of aryl methyl sites for hydroxylation is 1. The minimum absolute atomic E-state index is 0.0231. The van der Waals surface area contributed by atoms with E-state index < -0.39 is 0 Å². The van der Waals surface area contributed by atoms with Gasteiger partial charge in [-0.2, -0.15) is 0 Å². The fourth-order valence-electron chi connectivity index (χ4n) is 3.12. The van der Waals surface area contributed by atoms with Crippen molar-refractivity contribution in [2.24, 2.45) is 0 Å². The third-order valence-electron chi connectivity index (χ3n) is 4.52. The third-order valence-corrected chi connectivity index (χ3v) is 5.41. The normalized spacial score (nSPS) is 11.3. The van der Waals surface area contributed by atoms with Crippen LogP contribution in [-0.4, -0.2) is 19.9 Å². The Morgan fingerprint density at radius 1 is 1.31 bits per heavy atom. The van der Waals surface area contributed by atoms with Crippen LogP contribution in [0.25, 0.3) is 10.2 Å². The second kappa shape index (κ2) is 6.42. The minimum Gasteiger partial charge on any atom is -0.467 e. The van der Waals surface area contributed by atoms with Crippen LogP contribution in [0.15, 0.2) is 51.4 Å². The Morgan fingerprint density at radius 3 is 2.92 bits per heavy atom. The highest BCUT2D eigenvalue weighted by Crippen LogP contribution is 2.19. The topological polar surface area (TPSA) is 70.0 Å². The zero-order chi connectivity index (χ0) is 18.3. The molecule has 0 saturated heterocycles. The first-order valence-corrected chi connectivity index (χ1v) is 9.07. The van der Waals surface area contributed by atoms with Crippen molar-refractivity contribution in [1.82, 2.24) is 14.1 Å². The number of hydrogen-bond acceptors (Lipinski definition) is 5. The van der Waals surface area contributed by atoms with Gasteiger partial charge in [-0.1, -0.05) is 0 Å². The van der Waals surface area contributed by atoms with Gasteiger partial charge in [0.2, 0.25) is 0 Å². The van der Waals surface area contributed by atoms with E-state index in [0.29, 0.717) is 22.3 Å². The Labute approximate surface area is 153 Å². The van der Waals surface area contributed by atoms with E-state index in [4.69, 9.17) is 4.42 Å². The van der Waals surface area contributed by atoms with Gasteiger partial charge in [0.25, 0.3) is 5.56 Å². The maximum absolute atomic E-state index is 12.8. The molecule has 0 fully saturated rings. The van der Waals surface area contributed by atoms with Crippen molar-refractivity contribution in [3.05, 3.63) is 75.3 Å². The van der Waals surface area contributed by atoms with E-state index in [1.807, 2.05) is 42.0 Å². The van der Waals surface area contributed by atoms with Gasteiger partial charge in [0.15, 0.2) is 5.78 Å². The second-order valence-electron chi connectivity index (χ2n) is 6.19. The van der Waals surface area contributed by atoms with Crippen molar-refractivity contribution in [2.75, 3.05) is 0 Å². The summed E-state index contributed by atoms with van der Waals surface area (Å²) in [5, 5.41) is 1.83. The van der Waals surface area contributed by atoms with Crippen molar-refractivity contribution >= 4 is 27.3 Å². The van der Waals surface area contributed by atoms with Crippen molar-refractivity contribution in [1.29, 1.82) is 0 Å². The van der Waals surface area contributed by atoms with Crippen molar-refractivity contribution in [2.45, 2.75) is 26.9 Å².